The van der Waals surface area contributed by atoms with Crippen LogP contribution in [0.4, 0.5) is 0 Å². The van der Waals surface area contributed by atoms with Crippen molar-refractivity contribution in [2.45, 2.75) is 155 Å². The summed E-state index contributed by atoms with van der Waals surface area (Å²) in [6.45, 7) is 40.0. The van der Waals surface area contributed by atoms with E-state index in [0.717, 1.165) is 15.4 Å². The highest BCUT2D eigenvalue weighted by molar-refractivity contribution is 8.12. The van der Waals surface area contributed by atoms with Crippen LogP contribution in [0.25, 0.3) is 0 Å². The molecule has 1 heterocycles. The summed E-state index contributed by atoms with van der Waals surface area (Å²) in [6, 6.07) is 0. The van der Waals surface area contributed by atoms with E-state index in [0.29, 0.717) is 44.3 Å². The minimum absolute atomic E-state index is 0.648. The average Bonchev–Trinajstić information content (AvgIpc) is 2.60. The van der Waals surface area contributed by atoms with Crippen molar-refractivity contribution in [1.82, 2.24) is 0 Å². The van der Waals surface area contributed by atoms with Crippen LogP contribution in [0.3, 0.4) is 0 Å². The largest absolute Gasteiger partial charge is 0.448 e. The second kappa shape index (κ2) is 11.4. The normalized spacial score (nSPS) is 24.8. The zero-order valence-electron chi connectivity index (χ0n) is 24.4. The van der Waals surface area contributed by atoms with Crippen molar-refractivity contribution in [1.29, 1.82) is 0 Å². The van der Waals surface area contributed by atoms with Gasteiger partial charge < -0.3 is 8.23 Å². The zero-order valence-corrected chi connectivity index (χ0v) is 30.4. The summed E-state index contributed by atoms with van der Waals surface area (Å²) in [7, 11) is -6.18. The Kier molecular flexibility index (Phi) is 11.2. The van der Waals surface area contributed by atoms with E-state index in [9.17, 15) is 0 Å². The van der Waals surface area contributed by atoms with E-state index in [4.69, 9.17) is 8.23 Å². The summed E-state index contributed by atoms with van der Waals surface area (Å²) >= 11 is 0. The molecule has 0 atom stereocenters. The Morgan fingerprint density at radius 2 is 0.438 bits per heavy atom. The predicted molar refractivity (Wildman–Crippen MR) is 163 cm³/mol. The van der Waals surface area contributed by atoms with Gasteiger partial charge in [0.25, 0.3) is 0 Å². The quantitative estimate of drug-likeness (QED) is 0.220. The van der Waals surface area contributed by atoms with Crippen LogP contribution < -0.4 is 0 Å². The second-order valence-corrected chi connectivity index (χ2v) is 46.0. The van der Waals surface area contributed by atoms with E-state index < -0.39 is 31.9 Å². The maximum absolute atomic E-state index is 8.12. The topological polar surface area (TPSA) is 18.5 Å². The molecule has 1 rings (SSSR count). The minimum atomic E-state index is -2.02. The molecule has 0 aromatic rings. The lowest BCUT2D eigenvalue weighted by Crippen LogP contribution is -2.65. The Labute approximate surface area is 210 Å². The fourth-order valence-electron chi connectivity index (χ4n) is 6.04. The van der Waals surface area contributed by atoms with Crippen molar-refractivity contribution in [3.05, 3.63) is 0 Å². The van der Waals surface area contributed by atoms with Gasteiger partial charge in [0.15, 0.2) is 0 Å². The van der Waals surface area contributed by atoms with Crippen LogP contribution in [0.1, 0.15) is 111 Å². The first-order valence-corrected chi connectivity index (χ1v) is 27.6. The third kappa shape index (κ3) is 5.48. The molecule has 1 aliphatic heterocycles. The summed E-state index contributed by atoms with van der Waals surface area (Å²) in [6.07, 6.45) is 0. The third-order valence-electron chi connectivity index (χ3n) is 8.32. The number of hydrogen-bond acceptors (Lipinski definition) is 2. The second-order valence-electron chi connectivity index (χ2n) is 12.9. The van der Waals surface area contributed by atoms with Crippen LogP contribution in [-0.4, -0.2) is 31.9 Å². The molecule has 0 radical (unpaired) electrons. The van der Waals surface area contributed by atoms with Crippen LogP contribution >= 0.6 is 15.4 Å². The highest BCUT2D eigenvalue weighted by Crippen LogP contribution is 2.69. The third-order valence-corrected chi connectivity index (χ3v) is 65.3. The van der Waals surface area contributed by atoms with Gasteiger partial charge in [0.05, 0.1) is 0 Å². The number of rotatable bonds is 8. The molecule has 0 amide bonds. The monoisotopic (exact) mass is 552 g/mol. The molecule has 0 spiro atoms. The van der Waals surface area contributed by atoms with Gasteiger partial charge in [-0.05, 0) is 44.3 Å². The highest BCUT2D eigenvalue weighted by Gasteiger charge is 2.65. The molecule has 1 saturated heterocycles. The molecule has 0 N–H and O–H groups in total. The molecule has 2 nitrogen and oxygen atoms in total. The van der Waals surface area contributed by atoms with E-state index in [-0.39, 0.29) is 0 Å². The van der Waals surface area contributed by atoms with Crippen LogP contribution in [0.15, 0.2) is 0 Å². The summed E-state index contributed by atoms with van der Waals surface area (Å²) in [5.74, 6) is 0. The maximum atomic E-state index is 8.12. The van der Waals surface area contributed by atoms with Gasteiger partial charge in [-0.25, -0.2) is 0 Å². The van der Waals surface area contributed by atoms with Crippen molar-refractivity contribution in [3.8, 4) is 0 Å². The first-order chi connectivity index (χ1) is 14.4. The maximum Gasteiger partial charge on any atom is 0.207 e. The van der Waals surface area contributed by atoms with Crippen LogP contribution in [0.2, 0.25) is 44.3 Å². The number of hydrogen-bond donors (Lipinski definition) is 0. The summed E-state index contributed by atoms with van der Waals surface area (Å²) < 4.78 is 16.2. The van der Waals surface area contributed by atoms with Crippen molar-refractivity contribution in [3.63, 3.8) is 0 Å². The zero-order chi connectivity index (χ0) is 25.4. The van der Waals surface area contributed by atoms with Crippen molar-refractivity contribution >= 4 is 47.3 Å². The average molecular weight is 553 g/mol. The molecule has 8 heteroatoms. The fraction of sp³-hybridized carbons (Fsp3) is 1.00. The molecule has 0 unspecified atom stereocenters. The summed E-state index contributed by atoms with van der Waals surface area (Å²) in [5.41, 5.74) is 5.19. The lowest BCUT2D eigenvalue weighted by molar-refractivity contribution is 0.484. The van der Waals surface area contributed by atoms with Gasteiger partial charge in [0.1, 0.15) is 0 Å². The van der Waals surface area contributed by atoms with Crippen LogP contribution in [0, 0.1) is 0 Å². The minimum Gasteiger partial charge on any atom is -0.448 e. The van der Waals surface area contributed by atoms with Gasteiger partial charge in [-0.3, -0.25) is 0 Å². The molecule has 1 aliphatic rings. The molecular weight excluding hydrogens is 495 g/mol. The fourth-order valence-corrected chi connectivity index (χ4v) is 85.4. The smallest absolute Gasteiger partial charge is 0.207 e. The molecule has 1 fully saturated rings. The molecular formula is C24H58O2P2Si4. The van der Waals surface area contributed by atoms with Gasteiger partial charge in [-0.15, -0.1) is 0 Å². The SMILES string of the molecule is CC(C)[Si]1(C(C)C)O[Si](C(C)C)(C(C)C)P[Si](C(C)C)(C(C)C)O[Si](C(C)C)(C(C)C)P1. The van der Waals surface area contributed by atoms with Gasteiger partial charge in [0, 0.05) is 0 Å². The Bertz CT molecular complexity index is 455. The van der Waals surface area contributed by atoms with Crippen molar-refractivity contribution in [2.75, 3.05) is 0 Å². The lowest BCUT2D eigenvalue weighted by Gasteiger charge is -2.61. The molecule has 0 bridgehead atoms. The van der Waals surface area contributed by atoms with E-state index in [2.05, 4.69) is 111 Å². The van der Waals surface area contributed by atoms with Gasteiger partial charge in [0.2, 0.25) is 31.9 Å². The van der Waals surface area contributed by atoms with E-state index in [1.54, 1.807) is 0 Å². The first kappa shape index (κ1) is 31.7. The van der Waals surface area contributed by atoms with Gasteiger partial charge in [-0.1, -0.05) is 126 Å². The Morgan fingerprint density at radius 3 is 0.531 bits per heavy atom. The van der Waals surface area contributed by atoms with Crippen molar-refractivity contribution in [2.24, 2.45) is 0 Å². The van der Waals surface area contributed by atoms with Crippen LogP contribution in [-0.2, 0) is 8.23 Å². The van der Waals surface area contributed by atoms with E-state index >= 15 is 0 Å². The van der Waals surface area contributed by atoms with Crippen LogP contribution in [0.5, 0.6) is 0 Å². The summed E-state index contributed by atoms with van der Waals surface area (Å²) in [5, 5.41) is 0. The first-order valence-electron chi connectivity index (χ1n) is 13.4. The lowest BCUT2D eigenvalue weighted by atomic mass is 10.5. The van der Waals surface area contributed by atoms with Gasteiger partial charge in [-0.2, -0.15) is 0 Å². The molecule has 0 aromatic heterocycles. The molecule has 0 aromatic carbocycles. The van der Waals surface area contributed by atoms with Crippen molar-refractivity contribution < 1.29 is 8.23 Å². The Balaban J connectivity index is 4.11. The highest BCUT2D eigenvalue weighted by atomic mass is 31.6. The summed E-state index contributed by atoms with van der Waals surface area (Å²) in [4.78, 5) is 0. The Hall–Kier alpha value is 1.65. The standard InChI is InChI=1S/C24H58O2P2Si4/c1-17(2)29(18(3)4)25-30(19(5)6,20(7)8)28-32(23(13)14,24(15)16)26-31(27-29,21(9)10)22(11)12/h17-24,27-28H,1-16H3. The molecule has 32 heavy (non-hydrogen) atoms. The molecule has 0 aliphatic carbocycles. The molecule has 0 saturated carbocycles. The predicted octanol–water partition coefficient (Wildman–Crippen LogP) is 10.4. The molecule has 192 valence electrons. The van der Waals surface area contributed by atoms with E-state index in [1.165, 1.54) is 0 Å². The Morgan fingerprint density at radius 1 is 0.312 bits per heavy atom. The van der Waals surface area contributed by atoms with E-state index in [1.807, 2.05) is 0 Å². The van der Waals surface area contributed by atoms with Gasteiger partial charge >= 0.3 is 0 Å².